The minimum atomic E-state index is -0.928. The Morgan fingerprint density at radius 1 is 1.12 bits per heavy atom. The van der Waals surface area contributed by atoms with Gasteiger partial charge in [0.05, 0.1) is 13.2 Å². The Morgan fingerprint density at radius 3 is 2.00 bits per heavy atom. The molecule has 2 N–H and O–H groups in total. The third kappa shape index (κ3) is 3.84. The number of rotatable bonds is 6. The lowest BCUT2D eigenvalue weighted by Crippen LogP contribution is -2.09. The Morgan fingerprint density at radius 2 is 1.62 bits per heavy atom. The number of benzene rings is 1. The zero-order chi connectivity index (χ0) is 12.0. The third-order valence-electron chi connectivity index (χ3n) is 2.12. The van der Waals surface area contributed by atoms with Crippen LogP contribution >= 0.6 is 8.38 Å². The highest BCUT2D eigenvalue weighted by molar-refractivity contribution is 7.56. The van der Waals surface area contributed by atoms with Crippen molar-refractivity contribution in [3.63, 3.8) is 0 Å². The molecule has 0 heterocycles. The standard InChI is InChI=1S/C12H20NO2P/c1-4-14-16(15-5-2)12-8-6-11(7-9-12)10(3)13/h6-10H,4-5,13H2,1-3H3. The van der Waals surface area contributed by atoms with Crippen molar-refractivity contribution in [2.75, 3.05) is 13.2 Å². The second-order valence-corrected chi connectivity index (χ2v) is 5.02. The summed E-state index contributed by atoms with van der Waals surface area (Å²) < 4.78 is 11.2. The van der Waals surface area contributed by atoms with Gasteiger partial charge in [0.15, 0.2) is 0 Å². The zero-order valence-corrected chi connectivity index (χ0v) is 11.0. The van der Waals surface area contributed by atoms with Crippen molar-refractivity contribution in [2.24, 2.45) is 5.73 Å². The molecule has 0 saturated heterocycles. The molecular weight excluding hydrogens is 221 g/mol. The Bertz CT molecular complexity index is 294. The van der Waals surface area contributed by atoms with E-state index >= 15 is 0 Å². The molecule has 0 aliphatic rings. The molecule has 0 amide bonds. The summed E-state index contributed by atoms with van der Waals surface area (Å²) in [5.41, 5.74) is 6.93. The van der Waals surface area contributed by atoms with Gasteiger partial charge in [-0.2, -0.15) is 0 Å². The molecule has 0 spiro atoms. The van der Waals surface area contributed by atoms with Crippen LogP contribution in [0.5, 0.6) is 0 Å². The average Bonchev–Trinajstić information content (AvgIpc) is 2.29. The van der Waals surface area contributed by atoms with Crippen LogP contribution in [0.25, 0.3) is 0 Å². The first-order valence-corrected chi connectivity index (χ1v) is 6.78. The molecule has 16 heavy (non-hydrogen) atoms. The quantitative estimate of drug-likeness (QED) is 0.779. The van der Waals surface area contributed by atoms with Crippen molar-refractivity contribution >= 4 is 13.7 Å². The van der Waals surface area contributed by atoms with Crippen LogP contribution in [0, 0.1) is 0 Å². The van der Waals surface area contributed by atoms with Crippen molar-refractivity contribution in [1.82, 2.24) is 0 Å². The van der Waals surface area contributed by atoms with Gasteiger partial charge in [-0.25, -0.2) is 0 Å². The van der Waals surface area contributed by atoms with Gasteiger partial charge in [-0.15, -0.1) is 0 Å². The van der Waals surface area contributed by atoms with Gasteiger partial charge < -0.3 is 14.8 Å². The molecule has 4 heteroatoms. The fourth-order valence-corrected chi connectivity index (χ4v) is 2.55. The van der Waals surface area contributed by atoms with E-state index in [1.54, 1.807) is 0 Å². The third-order valence-corrected chi connectivity index (χ3v) is 3.83. The molecule has 0 bridgehead atoms. The highest BCUT2D eigenvalue weighted by Gasteiger charge is 2.12. The molecule has 1 aromatic carbocycles. The lowest BCUT2D eigenvalue weighted by Gasteiger charge is -2.16. The molecule has 0 radical (unpaired) electrons. The summed E-state index contributed by atoms with van der Waals surface area (Å²) in [6, 6.07) is 8.21. The molecule has 0 aliphatic heterocycles. The number of nitrogens with two attached hydrogens (primary N) is 1. The smallest absolute Gasteiger partial charge is 0.205 e. The van der Waals surface area contributed by atoms with E-state index in [0.717, 1.165) is 10.9 Å². The summed E-state index contributed by atoms with van der Waals surface area (Å²) in [6.45, 7) is 7.26. The number of hydrogen-bond donors (Lipinski definition) is 1. The highest BCUT2D eigenvalue weighted by Crippen LogP contribution is 2.36. The van der Waals surface area contributed by atoms with Crippen molar-refractivity contribution in [3.8, 4) is 0 Å². The second-order valence-electron chi connectivity index (χ2n) is 3.47. The first-order chi connectivity index (χ1) is 7.69. The van der Waals surface area contributed by atoms with E-state index in [0.29, 0.717) is 13.2 Å². The summed E-state index contributed by atoms with van der Waals surface area (Å²) >= 11 is 0. The predicted octanol–water partition coefficient (Wildman–Crippen LogP) is 2.72. The Hall–Kier alpha value is -0.470. The van der Waals surface area contributed by atoms with E-state index in [1.807, 2.05) is 45.0 Å². The van der Waals surface area contributed by atoms with Crippen LogP contribution in [0.3, 0.4) is 0 Å². The van der Waals surface area contributed by atoms with E-state index in [9.17, 15) is 0 Å². The molecule has 0 aliphatic carbocycles. The van der Waals surface area contributed by atoms with Gasteiger partial charge in [-0.1, -0.05) is 12.1 Å². The van der Waals surface area contributed by atoms with Gasteiger partial charge in [0.1, 0.15) is 0 Å². The SMILES string of the molecule is CCOP(OCC)c1ccc(C(C)N)cc1. The van der Waals surface area contributed by atoms with Crippen LogP contribution in [0.1, 0.15) is 32.4 Å². The molecule has 1 atom stereocenters. The van der Waals surface area contributed by atoms with Crippen molar-refractivity contribution in [2.45, 2.75) is 26.8 Å². The largest absolute Gasteiger partial charge is 0.331 e. The van der Waals surface area contributed by atoms with Crippen molar-refractivity contribution < 1.29 is 9.05 Å². The van der Waals surface area contributed by atoms with Crippen LogP contribution in [-0.2, 0) is 9.05 Å². The van der Waals surface area contributed by atoms with Crippen LogP contribution in [0.15, 0.2) is 24.3 Å². The average molecular weight is 241 g/mol. The van der Waals surface area contributed by atoms with Gasteiger partial charge in [0.25, 0.3) is 0 Å². The molecule has 0 fully saturated rings. The van der Waals surface area contributed by atoms with E-state index in [4.69, 9.17) is 14.8 Å². The monoisotopic (exact) mass is 241 g/mol. The van der Waals surface area contributed by atoms with Gasteiger partial charge in [0, 0.05) is 11.3 Å². The Labute approximate surface area is 98.9 Å². The van der Waals surface area contributed by atoms with E-state index in [2.05, 4.69) is 0 Å². The van der Waals surface area contributed by atoms with Gasteiger partial charge in [-0.05, 0) is 38.5 Å². The number of hydrogen-bond acceptors (Lipinski definition) is 3. The topological polar surface area (TPSA) is 44.5 Å². The zero-order valence-electron chi connectivity index (χ0n) is 10.1. The summed E-state index contributed by atoms with van der Waals surface area (Å²) in [5, 5.41) is 1.10. The Balaban J connectivity index is 2.76. The van der Waals surface area contributed by atoms with E-state index in [-0.39, 0.29) is 6.04 Å². The summed E-state index contributed by atoms with van der Waals surface area (Å²) in [7, 11) is -0.928. The molecule has 0 aromatic heterocycles. The molecule has 0 saturated carbocycles. The molecule has 3 nitrogen and oxygen atoms in total. The van der Waals surface area contributed by atoms with Crippen molar-refractivity contribution in [1.29, 1.82) is 0 Å². The molecule has 1 rings (SSSR count). The fourth-order valence-electron chi connectivity index (χ4n) is 1.32. The first kappa shape index (κ1) is 13.6. The minimum Gasteiger partial charge on any atom is -0.331 e. The predicted molar refractivity (Wildman–Crippen MR) is 68.9 cm³/mol. The molecular formula is C12H20NO2P. The lowest BCUT2D eigenvalue weighted by molar-refractivity contribution is 0.277. The summed E-state index contributed by atoms with van der Waals surface area (Å²) in [6.07, 6.45) is 0. The van der Waals surface area contributed by atoms with E-state index in [1.165, 1.54) is 0 Å². The first-order valence-electron chi connectivity index (χ1n) is 5.60. The molecule has 1 aromatic rings. The van der Waals surface area contributed by atoms with Crippen molar-refractivity contribution in [3.05, 3.63) is 29.8 Å². The van der Waals surface area contributed by atoms with Gasteiger partial charge in [0.2, 0.25) is 8.38 Å². The maximum atomic E-state index is 5.80. The highest BCUT2D eigenvalue weighted by atomic mass is 31.2. The lowest BCUT2D eigenvalue weighted by atomic mass is 10.1. The van der Waals surface area contributed by atoms with Gasteiger partial charge in [-0.3, -0.25) is 0 Å². The molecule has 90 valence electrons. The second kappa shape index (κ2) is 6.97. The normalized spacial score (nSPS) is 13.1. The fraction of sp³-hybridized carbons (Fsp3) is 0.500. The molecule has 1 unspecified atom stereocenters. The van der Waals surface area contributed by atoms with Crippen LogP contribution < -0.4 is 11.0 Å². The van der Waals surface area contributed by atoms with Crippen LogP contribution in [0.2, 0.25) is 0 Å². The van der Waals surface area contributed by atoms with Crippen LogP contribution in [0.4, 0.5) is 0 Å². The summed E-state index contributed by atoms with van der Waals surface area (Å²) in [5.74, 6) is 0. The van der Waals surface area contributed by atoms with Gasteiger partial charge >= 0.3 is 0 Å². The minimum absolute atomic E-state index is 0.0689. The summed E-state index contributed by atoms with van der Waals surface area (Å²) in [4.78, 5) is 0. The van der Waals surface area contributed by atoms with E-state index < -0.39 is 8.38 Å². The van der Waals surface area contributed by atoms with Crippen LogP contribution in [-0.4, -0.2) is 13.2 Å². The maximum Gasteiger partial charge on any atom is 0.205 e. The maximum absolute atomic E-state index is 5.80. The Kier molecular flexibility index (Phi) is 5.93.